The third kappa shape index (κ3) is 3.64. The summed E-state index contributed by atoms with van der Waals surface area (Å²) in [5.74, 6) is -0.733. The minimum atomic E-state index is -2.54. The second kappa shape index (κ2) is 7.01. The van der Waals surface area contributed by atoms with Crippen LogP contribution in [0.15, 0.2) is 42.6 Å². The molecule has 1 fully saturated rings. The molecule has 4 rings (SSSR count). The Kier molecular flexibility index (Phi) is 4.54. The fourth-order valence-electron chi connectivity index (χ4n) is 3.02. The van der Waals surface area contributed by atoms with Crippen molar-refractivity contribution in [3.8, 4) is 11.3 Å². The Labute approximate surface area is 152 Å². The lowest BCUT2D eigenvalue weighted by Crippen LogP contribution is -2.41. The van der Waals surface area contributed by atoms with Gasteiger partial charge < -0.3 is 10.3 Å². The molecular weight excluding hydrogens is 359 g/mol. The SMILES string of the molecule is O=C(Nc1cnc2[nH]c(-c3ccc(F)cc3)cc2c1)C1CC(C(F)F)NN1. The molecule has 0 spiro atoms. The molecule has 1 aliphatic rings. The zero-order valence-electron chi connectivity index (χ0n) is 14.0. The third-order valence-corrected chi connectivity index (χ3v) is 4.45. The topological polar surface area (TPSA) is 81.8 Å². The number of halogens is 3. The van der Waals surface area contributed by atoms with Gasteiger partial charge in [-0.1, -0.05) is 0 Å². The standard InChI is InChI=1S/C18H16F3N5O/c19-11-3-1-9(2-4-11)13-6-10-5-12(8-22-17(10)24-13)23-18(27)15-7-14(16(20)21)25-26-15/h1-6,8,14-16,25-26H,7H2,(H,22,24)(H,23,27). The van der Waals surface area contributed by atoms with Gasteiger partial charge in [0, 0.05) is 11.1 Å². The summed E-state index contributed by atoms with van der Waals surface area (Å²) in [7, 11) is 0. The molecule has 0 saturated carbocycles. The molecule has 0 aliphatic carbocycles. The molecule has 140 valence electrons. The lowest BCUT2D eigenvalue weighted by molar-refractivity contribution is -0.117. The molecule has 0 radical (unpaired) electrons. The number of aromatic nitrogens is 2. The van der Waals surface area contributed by atoms with E-state index in [9.17, 15) is 18.0 Å². The van der Waals surface area contributed by atoms with Crippen LogP contribution < -0.4 is 16.2 Å². The predicted molar refractivity (Wildman–Crippen MR) is 94.6 cm³/mol. The van der Waals surface area contributed by atoms with E-state index in [0.29, 0.717) is 11.3 Å². The lowest BCUT2D eigenvalue weighted by atomic mass is 10.1. The summed E-state index contributed by atoms with van der Waals surface area (Å²) in [5.41, 5.74) is 7.64. The maximum atomic E-state index is 13.1. The van der Waals surface area contributed by atoms with Gasteiger partial charge >= 0.3 is 0 Å². The van der Waals surface area contributed by atoms with Gasteiger partial charge in [-0.3, -0.25) is 4.79 Å². The molecule has 3 aromatic rings. The van der Waals surface area contributed by atoms with Gasteiger partial charge in [0.15, 0.2) is 0 Å². The van der Waals surface area contributed by atoms with Crippen LogP contribution in [0.5, 0.6) is 0 Å². The Morgan fingerprint density at radius 1 is 1.19 bits per heavy atom. The number of amides is 1. The summed E-state index contributed by atoms with van der Waals surface area (Å²) >= 11 is 0. The molecule has 2 atom stereocenters. The zero-order valence-corrected chi connectivity index (χ0v) is 14.0. The Morgan fingerprint density at radius 2 is 1.96 bits per heavy atom. The molecule has 1 aliphatic heterocycles. The number of aromatic amines is 1. The quantitative estimate of drug-likeness (QED) is 0.565. The number of hydrazine groups is 1. The highest BCUT2D eigenvalue weighted by Gasteiger charge is 2.34. The van der Waals surface area contributed by atoms with Crippen molar-refractivity contribution in [2.24, 2.45) is 0 Å². The van der Waals surface area contributed by atoms with Gasteiger partial charge in [-0.15, -0.1) is 0 Å². The van der Waals surface area contributed by atoms with Gasteiger partial charge in [0.05, 0.1) is 17.9 Å². The number of nitrogens with one attached hydrogen (secondary N) is 4. The van der Waals surface area contributed by atoms with Crippen LogP contribution in [0.3, 0.4) is 0 Å². The van der Waals surface area contributed by atoms with Gasteiger partial charge in [0.25, 0.3) is 6.43 Å². The molecule has 1 amide bonds. The molecule has 27 heavy (non-hydrogen) atoms. The van der Waals surface area contributed by atoms with Crippen molar-refractivity contribution < 1.29 is 18.0 Å². The largest absolute Gasteiger partial charge is 0.339 e. The number of hydrogen-bond donors (Lipinski definition) is 4. The van der Waals surface area contributed by atoms with Gasteiger partial charge in [-0.2, -0.15) is 0 Å². The third-order valence-electron chi connectivity index (χ3n) is 4.45. The molecule has 2 unspecified atom stereocenters. The van der Waals surface area contributed by atoms with Crippen LogP contribution in [0, 0.1) is 5.82 Å². The molecule has 3 heterocycles. The van der Waals surface area contributed by atoms with Crippen LogP contribution in [0.1, 0.15) is 6.42 Å². The van der Waals surface area contributed by atoms with Crippen LogP contribution in [0.25, 0.3) is 22.3 Å². The minimum Gasteiger partial charge on any atom is -0.339 e. The van der Waals surface area contributed by atoms with Crippen molar-refractivity contribution >= 4 is 22.6 Å². The van der Waals surface area contributed by atoms with E-state index >= 15 is 0 Å². The van der Waals surface area contributed by atoms with Crippen molar-refractivity contribution in [2.45, 2.75) is 24.9 Å². The average Bonchev–Trinajstić information content (AvgIpc) is 3.29. The van der Waals surface area contributed by atoms with E-state index in [-0.39, 0.29) is 12.2 Å². The van der Waals surface area contributed by atoms with Crippen LogP contribution in [-0.4, -0.2) is 34.4 Å². The van der Waals surface area contributed by atoms with Crippen molar-refractivity contribution in [1.29, 1.82) is 0 Å². The first-order chi connectivity index (χ1) is 13.0. The first-order valence-electron chi connectivity index (χ1n) is 8.34. The zero-order chi connectivity index (χ0) is 19.0. The van der Waals surface area contributed by atoms with Crippen LogP contribution in [-0.2, 0) is 4.79 Å². The molecule has 2 aromatic heterocycles. The van der Waals surface area contributed by atoms with E-state index < -0.39 is 24.4 Å². The number of anilines is 1. The van der Waals surface area contributed by atoms with E-state index in [1.807, 2.05) is 6.07 Å². The molecule has 0 bridgehead atoms. The number of pyridine rings is 1. The summed E-state index contributed by atoms with van der Waals surface area (Å²) in [6.07, 6.45) is -1.06. The smallest absolute Gasteiger partial charge is 0.255 e. The summed E-state index contributed by atoms with van der Waals surface area (Å²) in [4.78, 5) is 19.6. The first kappa shape index (κ1) is 17.5. The lowest BCUT2D eigenvalue weighted by Gasteiger charge is -2.10. The minimum absolute atomic E-state index is 0.00194. The van der Waals surface area contributed by atoms with E-state index in [0.717, 1.165) is 16.6 Å². The Morgan fingerprint density at radius 3 is 2.67 bits per heavy atom. The summed E-state index contributed by atoms with van der Waals surface area (Å²) in [6, 6.07) is 7.82. The fraction of sp³-hybridized carbons (Fsp3) is 0.222. The molecule has 4 N–H and O–H groups in total. The number of H-pyrrole nitrogens is 1. The summed E-state index contributed by atoms with van der Waals surface area (Å²) in [5, 5.41) is 3.44. The number of nitrogens with zero attached hydrogens (tertiary/aromatic N) is 1. The van der Waals surface area contributed by atoms with Gasteiger partial charge in [-0.05, 0) is 48.4 Å². The van der Waals surface area contributed by atoms with Crippen molar-refractivity contribution in [2.75, 3.05) is 5.32 Å². The predicted octanol–water partition coefficient (Wildman–Crippen LogP) is 2.81. The maximum Gasteiger partial charge on any atom is 0.255 e. The van der Waals surface area contributed by atoms with Gasteiger partial charge in [0.1, 0.15) is 17.5 Å². The number of hydrogen-bond acceptors (Lipinski definition) is 4. The second-order valence-electron chi connectivity index (χ2n) is 6.36. The highest BCUT2D eigenvalue weighted by Crippen LogP contribution is 2.25. The number of fused-ring (bicyclic) bond motifs is 1. The van der Waals surface area contributed by atoms with Crippen molar-refractivity contribution in [1.82, 2.24) is 20.8 Å². The molecule has 9 heteroatoms. The van der Waals surface area contributed by atoms with E-state index in [2.05, 4.69) is 26.1 Å². The van der Waals surface area contributed by atoms with Crippen LogP contribution >= 0.6 is 0 Å². The molecule has 1 saturated heterocycles. The van der Waals surface area contributed by atoms with Crippen molar-refractivity contribution in [3.63, 3.8) is 0 Å². The highest BCUT2D eigenvalue weighted by molar-refractivity contribution is 5.96. The Balaban J connectivity index is 1.50. The normalized spacial score (nSPS) is 19.7. The van der Waals surface area contributed by atoms with Crippen LogP contribution in [0.4, 0.5) is 18.9 Å². The van der Waals surface area contributed by atoms with E-state index in [1.54, 1.807) is 18.2 Å². The molecular formula is C18H16F3N5O. The summed E-state index contributed by atoms with van der Waals surface area (Å²) < 4.78 is 38.4. The Hall–Kier alpha value is -2.91. The number of alkyl halides is 2. The summed E-state index contributed by atoms with van der Waals surface area (Å²) in [6.45, 7) is 0. The van der Waals surface area contributed by atoms with Crippen LogP contribution in [0.2, 0.25) is 0 Å². The average molecular weight is 375 g/mol. The van der Waals surface area contributed by atoms with Gasteiger partial charge in [0.2, 0.25) is 5.91 Å². The number of benzene rings is 1. The number of carbonyl (C=O) groups excluding carboxylic acids is 1. The monoisotopic (exact) mass is 375 g/mol. The molecule has 6 nitrogen and oxygen atoms in total. The maximum absolute atomic E-state index is 13.1. The Bertz CT molecular complexity index is 973. The van der Waals surface area contributed by atoms with E-state index in [4.69, 9.17) is 0 Å². The highest BCUT2D eigenvalue weighted by atomic mass is 19.3. The second-order valence-corrected chi connectivity index (χ2v) is 6.36. The van der Waals surface area contributed by atoms with Gasteiger partial charge in [-0.25, -0.2) is 29.0 Å². The van der Waals surface area contributed by atoms with E-state index in [1.165, 1.54) is 18.3 Å². The molecule has 1 aromatic carbocycles. The van der Waals surface area contributed by atoms with Crippen molar-refractivity contribution in [3.05, 3.63) is 48.4 Å². The number of rotatable bonds is 4. The number of carbonyl (C=O) groups is 1. The fourth-order valence-corrected chi connectivity index (χ4v) is 3.02. The first-order valence-corrected chi connectivity index (χ1v) is 8.34.